The molecule has 0 bridgehead atoms. The van der Waals surface area contributed by atoms with Gasteiger partial charge >= 0.3 is 0 Å². The molecule has 1 aromatic heterocycles. The first-order chi connectivity index (χ1) is 14.1. The van der Waals surface area contributed by atoms with Crippen LogP contribution >= 0.6 is 11.3 Å². The number of thiazole rings is 1. The lowest BCUT2D eigenvalue weighted by Gasteiger charge is -2.11. The number of fused-ring (bicyclic) bond motifs is 1. The number of anilines is 1. The van der Waals surface area contributed by atoms with Gasteiger partial charge in [-0.05, 0) is 48.2 Å². The molecule has 0 unspecified atom stereocenters. The minimum atomic E-state index is -0.215. The predicted molar refractivity (Wildman–Crippen MR) is 119 cm³/mol. The fraction of sp³-hybridized carbons (Fsp3) is 0.167. The molecular formula is C24H22N2O2S. The second kappa shape index (κ2) is 8.45. The van der Waals surface area contributed by atoms with E-state index < -0.39 is 0 Å². The second-order valence-corrected chi connectivity index (χ2v) is 8.09. The van der Waals surface area contributed by atoms with E-state index in [2.05, 4.69) is 41.5 Å². The van der Waals surface area contributed by atoms with Gasteiger partial charge in [-0.1, -0.05) is 65.9 Å². The molecule has 4 nitrogen and oxygen atoms in total. The van der Waals surface area contributed by atoms with Gasteiger partial charge in [0.1, 0.15) is 5.75 Å². The molecule has 5 heteroatoms. The van der Waals surface area contributed by atoms with Gasteiger partial charge in [-0.15, -0.1) is 0 Å². The lowest BCUT2D eigenvalue weighted by atomic mass is 10.0. The van der Waals surface area contributed by atoms with Crippen molar-refractivity contribution >= 4 is 32.6 Å². The van der Waals surface area contributed by atoms with E-state index >= 15 is 0 Å². The van der Waals surface area contributed by atoms with E-state index in [1.54, 1.807) is 0 Å². The Labute approximate surface area is 174 Å². The highest BCUT2D eigenvalue weighted by Crippen LogP contribution is 2.29. The summed E-state index contributed by atoms with van der Waals surface area (Å²) in [4.78, 5) is 17.0. The summed E-state index contributed by atoms with van der Waals surface area (Å²) < 4.78 is 6.90. The van der Waals surface area contributed by atoms with Crippen molar-refractivity contribution in [2.24, 2.45) is 0 Å². The summed E-state index contributed by atoms with van der Waals surface area (Å²) in [6, 6.07) is 22.2. The third-order valence-electron chi connectivity index (χ3n) is 4.64. The second-order valence-electron chi connectivity index (χ2n) is 7.05. The van der Waals surface area contributed by atoms with Gasteiger partial charge in [0.05, 0.1) is 10.2 Å². The maximum absolute atomic E-state index is 12.4. The van der Waals surface area contributed by atoms with Crippen LogP contribution in [0.4, 0.5) is 5.13 Å². The van der Waals surface area contributed by atoms with E-state index in [1.165, 1.54) is 22.5 Å². The number of nitrogens with one attached hydrogen (secondary N) is 1. The van der Waals surface area contributed by atoms with Crippen LogP contribution in [-0.4, -0.2) is 17.5 Å². The Morgan fingerprint density at radius 3 is 2.62 bits per heavy atom. The first kappa shape index (κ1) is 19.2. The first-order valence-corrected chi connectivity index (χ1v) is 10.3. The molecule has 0 saturated heterocycles. The van der Waals surface area contributed by atoms with Gasteiger partial charge in [-0.25, -0.2) is 4.98 Å². The maximum atomic E-state index is 12.4. The topological polar surface area (TPSA) is 51.2 Å². The van der Waals surface area contributed by atoms with Crippen molar-refractivity contribution < 1.29 is 9.53 Å². The van der Waals surface area contributed by atoms with Gasteiger partial charge in [-0.3, -0.25) is 10.1 Å². The van der Waals surface area contributed by atoms with Crippen molar-refractivity contribution in [1.82, 2.24) is 4.98 Å². The first-order valence-electron chi connectivity index (χ1n) is 9.51. The average Bonchev–Trinajstić information content (AvgIpc) is 3.10. The van der Waals surface area contributed by atoms with Crippen LogP contribution < -0.4 is 10.1 Å². The van der Waals surface area contributed by atoms with Gasteiger partial charge in [0.2, 0.25) is 0 Å². The molecule has 0 aliphatic heterocycles. The molecule has 29 heavy (non-hydrogen) atoms. The highest BCUT2D eigenvalue weighted by Gasteiger charge is 2.12. The van der Waals surface area contributed by atoms with E-state index in [0.29, 0.717) is 5.13 Å². The van der Waals surface area contributed by atoms with Gasteiger partial charge in [0.25, 0.3) is 5.91 Å². The molecule has 0 saturated carbocycles. The van der Waals surface area contributed by atoms with E-state index in [1.807, 2.05) is 49.4 Å². The number of aryl methyl sites for hydroxylation is 2. The maximum Gasteiger partial charge on any atom is 0.264 e. The van der Waals surface area contributed by atoms with Gasteiger partial charge in [-0.2, -0.15) is 0 Å². The number of rotatable bonds is 6. The zero-order chi connectivity index (χ0) is 20.2. The van der Waals surface area contributed by atoms with Crippen LogP contribution in [0.15, 0.2) is 66.7 Å². The number of aromatic nitrogens is 1. The summed E-state index contributed by atoms with van der Waals surface area (Å²) in [5.41, 5.74) is 5.49. The number of carbonyl (C=O) groups excluding carboxylic acids is 1. The van der Waals surface area contributed by atoms with Gasteiger partial charge in [0, 0.05) is 6.42 Å². The quantitative estimate of drug-likeness (QED) is 0.462. The van der Waals surface area contributed by atoms with Gasteiger partial charge in [0.15, 0.2) is 11.7 Å². The highest BCUT2D eigenvalue weighted by atomic mass is 32.1. The molecule has 1 amide bonds. The monoisotopic (exact) mass is 402 g/mol. The molecule has 4 rings (SSSR count). The van der Waals surface area contributed by atoms with Crippen molar-refractivity contribution in [2.75, 3.05) is 11.9 Å². The van der Waals surface area contributed by atoms with Crippen LogP contribution in [0.3, 0.4) is 0 Å². The summed E-state index contributed by atoms with van der Waals surface area (Å²) >= 11 is 1.48. The summed E-state index contributed by atoms with van der Waals surface area (Å²) in [7, 11) is 0. The SMILES string of the molecule is Cc1cc(C)c2nc(NC(=O)COc3ccccc3Cc3ccccc3)sc2c1. The van der Waals surface area contributed by atoms with Crippen LogP contribution in [-0.2, 0) is 11.2 Å². The fourth-order valence-electron chi connectivity index (χ4n) is 3.33. The smallest absolute Gasteiger partial charge is 0.264 e. The Morgan fingerprint density at radius 2 is 1.79 bits per heavy atom. The molecule has 1 heterocycles. The minimum Gasteiger partial charge on any atom is -0.483 e. The lowest BCUT2D eigenvalue weighted by Crippen LogP contribution is -2.20. The summed E-state index contributed by atoms with van der Waals surface area (Å²) in [6.45, 7) is 4.04. The van der Waals surface area contributed by atoms with E-state index in [4.69, 9.17) is 4.74 Å². The zero-order valence-corrected chi connectivity index (χ0v) is 17.3. The summed E-state index contributed by atoms with van der Waals surface area (Å²) in [5, 5.41) is 3.46. The molecule has 146 valence electrons. The predicted octanol–water partition coefficient (Wildman–Crippen LogP) is 5.52. The molecule has 0 atom stereocenters. The van der Waals surface area contributed by atoms with Crippen LogP contribution in [0.5, 0.6) is 5.75 Å². The molecular weight excluding hydrogens is 380 g/mol. The minimum absolute atomic E-state index is 0.0558. The van der Waals surface area contributed by atoms with Crippen molar-refractivity contribution in [2.45, 2.75) is 20.3 Å². The van der Waals surface area contributed by atoms with Crippen molar-refractivity contribution in [3.05, 3.63) is 89.0 Å². The molecule has 4 aromatic rings. The number of hydrogen-bond acceptors (Lipinski definition) is 4. The highest BCUT2D eigenvalue weighted by molar-refractivity contribution is 7.22. The number of amides is 1. The molecule has 0 fully saturated rings. The van der Waals surface area contributed by atoms with Crippen LogP contribution in [0.1, 0.15) is 22.3 Å². The number of nitrogens with zero attached hydrogens (tertiary/aromatic N) is 1. The fourth-order valence-corrected chi connectivity index (χ4v) is 4.39. The average molecular weight is 403 g/mol. The standard InChI is InChI=1S/C24H22N2O2S/c1-16-12-17(2)23-21(13-16)29-24(26-23)25-22(27)15-28-20-11-7-6-10-19(20)14-18-8-4-3-5-9-18/h3-13H,14-15H2,1-2H3,(H,25,26,27). The summed E-state index contributed by atoms with van der Waals surface area (Å²) in [6.07, 6.45) is 0.759. The lowest BCUT2D eigenvalue weighted by molar-refractivity contribution is -0.118. The van der Waals surface area contributed by atoms with Crippen molar-refractivity contribution in [1.29, 1.82) is 0 Å². The number of benzene rings is 3. The van der Waals surface area contributed by atoms with Crippen LogP contribution in [0.25, 0.3) is 10.2 Å². The zero-order valence-electron chi connectivity index (χ0n) is 16.4. The summed E-state index contributed by atoms with van der Waals surface area (Å²) in [5.74, 6) is 0.509. The van der Waals surface area contributed by atoms with E-state index in [-0.39, 0.29) is 12.5 Å². The Kier molecular flexibility index (Phi) is 5.58. The number of ether oxygens (including phenoxy) is 1. The molecule has 0 aliphatic rings. The molecule has 0 aliphatic carbocycles. The number of hydrogen-bond donors (Lipinski definition) is 1. The normalized spacial score (nSPS) is 10.8. The Morgan fingerprint density at radius 1 is 1.03 bits per heavy atom. The number of carbonyl (C=O) groups is 1. The van der Waals surface area contributed by atoms with Crippen LogP contribution in [0, 0.1) is 13.8 Å². The largest absolute Gasteiger partial charge is 0.483 e. The van der Waals surface area contributed by atoms with Gasteiger partial charge < -0.3 is 4.74 Å². The van der Waals surface area contributed by atoms with E-state index in [0.717, 1.165) is 33.5 Å². The Bertz CT molecular complexity index is 1150. The van der Waals surface area contributed by atoms with Crippen LogP contribution in [0.2, 0.25) is 0 Å². The molecule has 3 aromatic carbocycles. The number of para-hydroxylation sites is 1. The van der Waals surface area contributed by atoms with Crippen molar-refractivity contribution in [3.63, 3.8) is 0 Å². The van der Waals surface area contributed by atoms with Crippen molar-refractivity contribution in [3.8, 4) is 5.75 Å². The molecule has 0 spiro atoms. The molecule has 1 N–H and O–H groups in total. The third kappa shape index (κ3) is 4.63. The third-order valence-corrected chi connectivity index (χ3v) is 5.56. The Hall–Kier alpha value is -3.18. The van der Waals surface area contributed by atoms with E-state index in [9.17, 15) is 4.79 Å². The Balaban J connectivity index is 1.42. The molecule has 0 radical (unpaired) electrons.